The quantitative estimate of drug-likeness (QED) is 0.288. The second-order valence-electron chi connectivity index (χ2n) is 9.02. The zero-order valence-corrected chi connectivity index (χ0v) is 22.4. The molecule has 1 aliphatic carbocycles. The van der Waals surface area contributed by atoms with Crippen LogP contribution in [0.4, 0.5) is 0 Å². The van der Waals surface area contributed by atoms with Crippen molar-refractivity contribution in [2.45, 2.75) is 55.6 Å². The third-order valence-corrected chi connectivity index (χ3v) is 8.17. The van der Waals surface area contributed by atoms with Gasteiger partial charge in [-0.25, -0.2) is 0 Å². The van der Waals surface area contributed by atoms with Crippen LogP contribution in [0.25, 0.3) is 0 Å². The Morgan fingerprint density at radius 3 is 2.14 bits per heavy atom. The Bertz CT molecular complexity index is 1130. The molecule has 1 saturated carbocycles. The fraction of sp³-hybridized carbons (Fsp3) is 0.310. The first-order chi connectivity index (χ1) is 17.5. The van der Waals surface area contributed by atoms with Gasteiger partial charge >= 0.3 is 0 Å². The zero-order chi connectivity index (χ0) is 25.3. The van der Waals surface area contributed by atoms with E-state index in [0.717, 1.165) is 36.1 Å². The number of rotatable bonds is 10. The summed E-state index contributed by atoms with van der Waals surface area (Å²) in [5.41, 5.74) is 1.63. The fourth-order valence-corrected chi connectivity index (χ4v) is 5.84. The van der Waals surface area contributed by atoms with Crippen molar-refractivity contribution >= 4 is 46.8 Å². The van der Waals surface area contributed by atoms with Crippen molar-refractivity contribution in [2.75, 3.05) is 5.75 Å². The van der Waals surface area contributed by atoms with Crippen molar-refractivity contribution in [2.24, 2.45) is 0 Å². The summed E-state index contributed by atoms with van der Waals surface area (Å²) >= 11 is 14.5. The molecule has 1 unspecified atom stereocenters. The van der Waals surface area contributed by atoms with E-state index in [1.807, 2.05) is 60.7 Å². The Balaban J connectivity index is 1.65. The van der Waals surface area contributed by atoms with E-state index in [0.29, 0.717) is 22.0 Å². The molecular formula is C29H30Cl2N2O2S. The molecule has 4 rings (SSSR count). The van der Waals surface area contributed by atoms with Gasteiger partial charge in [-0.15, -0.1) is 11.8 Å². The highest BCUT2D eigenvalue weighted by molar-refractivity contribution is 8.00. The average Bonchev–Trinajstić information content (AvgIpc) is 3.40. The predicted molar refractivity (Wildman–Crippen MR) is 149 cm³/mol. The predicted octanol–water partition coefficient (Wildman–Crippen LogP) is 6.78. The van der Waals surface area contributed by atoms with E-state index >= 15 is 0 Å². The van der Waals surface area contributed by atoms with Crippen molar-refractivity contribution in [1.29, 1.82) is 0 Å². The van der Waals surface area contributed by atoms with E-state index in [4.69, 9.17) is 23.2 Å². The van der Waals surface area contributed by atoms with E-state index < -0.39 is 6.04 Å². The molecule has 1 fully saturated rings. The molecule has 0 aliphatic heterocycles. The van der Waals surface area contributed by atoms with E-state index in [1.165, 1.54) is 11.8 Å². The van der Waals surface area contributed by atoms with Gasteiger partial charge in [-0.3, -0.25) is 9.59 Å². The summed E-state index contributed by atoms with van der Waals surface area (Å²) in [6, 6.07) is 24.3. The lowest BCUT2D eigenvalue weighted by Gasteiger charge is -2.33. The van der Waals surface area contributed by atoms with Crippen LogP contribution in [0.5, 0.6) is 0 Å². The first-order valence-corrected chi connectivity index (χ1v) is 14.0. The minimum atomic E-state index is -0.691. The van der Waals surface area contributed by atoms with Gasteiger partial charge in [0.1, 0.15) is 6.04 Å². The number of halogens is 2. The number of nitrogens with zero attached hydrogens (tertiary/aromatic N) is 1. The van der Waals surface area contributed by atoms with Gasteiger partial charge in [0.05, 0.1) is 5.75 Å². The molecule has 188 valence electrons. The van der Waals surface area contributed by atoms with Gasteiger partial charge in [-0.2, -0.15) is 0 Å². The molecule has 1 N–H and O–H groups in total. The standard InChI is InChI=1S/C29H30Cl2N2O2S/c30-25-16-9-17-26(31)24(25)19-33(28(34)20-36-23-14-5-2-6-15-23)27(18-21-10-3-1-4-11-21)29(35)32-22-12-7-8-13-22/h1-6,9-11,14-17,22,27H,7-8,12-13,18-20H2,(H,32,35). The van der Waals surface area contributed by atoms with Gasteiger partial charge in [-0.1, -0.05) is 90.6 Å². The molecule has 0 spiro atoms. The monoisotopic (exact) mass is 540 g/mol. The number of amides is 2. The van der Waals surface area contributed by atoms with Crippen molar-refractivity contribution in [3.05, 3.63) is 100 Å². The number of hydrogen-bond donors (Lipinski definition) is 1. The van der Waals surface area contributed by atoms with Crippen LogP contribution >= 0.6 is 35.0 Å². The number of nitrogens with one attached hydrogen (secondary N) is 1. The van der Waals surface area contributed by atoms with Crippen LogP contribution in [0.3, 0.4) is 0 Å². The van der Waals surface area contributed by atoms with Crippen LogP contribution in [0, 0.1) is 0 Å². The molecule has 0 aromatic heterocycles. The van der Waals surface area contributed by atoms with Crippen molar-refractivity contribution in [1.82, 2.24) is 10.2 Å². The minimum Gasteiger partial charge on any atom is -0.352 e. The molecule has 1 atom stereocenters. The Morgan fingerprint density at radius 1 is 0.889 bits per heavy atom. The largest absolute Gasteiger partial charge is 0.352 e. The molecule has 0 saturated heterocycles. The number of hydrogen-bond acceptors (Lipinski definition) is 3. The Kier molecular flexibility index (Phi) is 9.74. The first kappa shape index (κ1) is 26.6. The fourth-order valence-electron chi connectivity index (χ4n) is 4.52. The second-order valence-corrected chi connectivity index (χ2v) is 10.9. The van der Waals surface area contributed by atoms with E-state index in [1.54, 1.807) is 23.1 Å². The zero-order valence-electron chi connectivity index (χ0n) is 20.0. The highest BCUT2D eigenvalue weighted by Gasteiger charge is 2.32. The van der Waals surface area contributed by atoms with Gasteiger partial charge in [0.2, 0.25) is 11.8 Å². The smallest absolute Gasteiger partial charge is 0.243 e. The number of carbonyl (C=O) groups excluding carboxylic acids is 2. The summed E-state index contributed by atoms with van der Waals surface area (Å²) in [4.78, 5) is 30.1. The third-order valence-electron chi connectivity index (χ3n) is 6.47. The van der Waals surface area contributed by atoms with Gasteiger partial charge < -0.3 is 10.2 Å². The van der Waals surface area contributed by atoms with Crippen LogP contribution in [0.2, 0.25) is 10.0 Å². The van der Waals surface area contributed by atoms with E-state index in [-0.39, 0.29) is 30.2 Å². The highest BCUT2D eigenvalue weighted by atomic mass is 35.5. The normalized spacial score (nSPS) is 14.4. The summed E-state index contributed by atoms with van der Waals surface area (Å²) in [5, 5.41) is 4.17. The topological polar surface area (TPSA) is 49.4 Å². The van der Waals surface area contributed by atoms with Crippen molar-refractivity contribution in [3.8, 4) is 0 Å². The molecule has 0 heterocycles. The molecule has 2 amide bonds. The van der Waals surface area contributed by atoms with Crippen LogP contribution in [0.15, 0.2) is 83.8 Å². The maximum Gasteiger partial charge on any atom is 0.243 e. The average molecular weight is 542 g/mol. The Hall–Kier alpha value is -2.47. The molecular weight excluding hydrogens is 511 g/mol. The maximum atomic E-state index is 13.8. The summed E-state index contributed by atoms with van der Waals surface area (Å²) in [6.45, 7) is 0.155. The first-order valence-electron chi connectivity index (χ1n) is 12.3. The molecule has 1 aliphatic rings. The summed E-state index contributed by atoms with van der Waals surface area (Å²) in [6.07, 6.45) is 4.57. The SMILES string of the molecule is O=C(NC1CCCC1)C(Cc1ccccc1)N(Cc1c(Cl)cccc1Cl)C(=O)CSc1ccccc1. The van der Waals surface area contributed by atoms with Gasteiger partial charge in [0, 0.05) is 39.5 Å². The van der Waals surface area contributed by atoms with Gasteiger partial charge in [0.15, 0.2) is 0 Å². The molecule has 36 heavy (non-hydrogen) atoms. The van der Waals surface area contributed by atoms with E-state index in [2.05, 4.69) is 5.32 Å². The molecule has 3 aromatic carbocycles. The van der Waals surface area contributed by atoms with Crippen LogP contribution < -0.4 is 5.32 Å². The van der Waals surface area contributed by atoms with E-state index in [9.17, 15) is 9.59 Å². The lowest BCUT2D eigenvalue weighted by Crippen LogP contribution is -2.52. The lowest BCUT2D eigenvalue weighted by molar-refractivity contribution is -0.139. The molecule has 7 heteroatoms. The van der Waals surface area contributed by atoms with Crippen molar-refractivity contribution < 1.29 is 9.59 Å². The second kappa shape index (κ2) is 13.2. The molecule has 0 bridgehead atoms. The number of thioether (sulfide) groups is 1. The maximum absolute atomic E-state index is 13.8. The lowest BCUT2D eigenvalue weighted by atomic mass is 10.0. The number of carbonyl (C=O) groups is 2. The number of benzene rings is 3. The summed E-state index contributed by atoms with van der Waals surface area (Å²) in [5.74, 6) is -0.0667. The Labute approximate surface area is 227 Å². The van der Waals surface area contributed by atoms with Crippen LogP contribution in [-0.4, -0.2) is 34.6 Å². The van der Waals surface area contributed by atoms with Crippen LogP contribution in [-0.2, 0) is 22.6 Å². The molecule has 3 aromatic rings. The molecule has 4 nitrogen and oxygen atoms in total. The highest BCUT2D eigenvalue weighted by Crippen LogP contribution is 2.28. The van der Waals surface area contributed by atoms with Gasteiger partial charge in [0.25, 0.3) is 0 Å². The molecule has 0 radical (unpaired) electrons. The minimum absolute atomic E-state index is 0.132. The third kappa shape index (κ3) is 7.28. The Morgan fingerprint density at radius 2 is 1.50 bits per heavy atom. The summed E-state index contributed by atoms with van der Waals surface area (Å²) in [7, 11) is 0. The summed E-state index contributed by atoms with van der Waals surface area (Å²) < 4.78 is 0. The van der Waals surface area contributed by atoms with Crippen LogP contribution in [0.1, 0.15) is 36.8 Å². The van der Waals surface area contributed by atoms with Crippen molar-refractivity contribution in [3.63, 3.8) is 0 Å². The van der Waals surface area contributed by atoms with Gasteiger partial charge in [-0.05, 0) is 42.7 Å².